The van der Waals surface area contributed by atoms with Crippen LogP contribution in [0, 0.1) is 0 Å². The summed E-state index contributed by atoms with van der Waals surface area (Å²) in [6.07, 6.45) is 13.7. The predicted octanol–water partition coefficient (Wildman–Crippen LogP) is 5.45. The number of unbranched alkanes of at least 4 members (excludes halogenated alkanes) is 3. The van der Waals surface area contributed by atoms with E-state index in [0.29, 0.717) is 6.61 Å². The fraction of sp³-hybridized carbons (Fsp3) is 0.778. The van der Waals surface area contributed by atoms with Crippen LogP contribution in [-0.2, 0) is 4.43 Å². The monoisotopic (exact) mass is 312 g/mol. The normalized spacial score (nSPS) is 15.2. The van der Waals surface area contributed by atoms with E-state index in [9.17, 15) is 5.11 Å². The van der Waals surface area contributed by atoms with Gasteiger partial charge in [-0.05, 0) is 37.4 Å². The SMILES string of the molecule is CCCCC/C=C\C/C=C\[C@H](O)CO[Si](C)(C)C(C)(C)C. The van der Waals surface area contributed by atoms with Crippen molar-refractivity contribution in [3.8, 4) is 0 Å². The Morgan fingerprint density at radius 1 is 1.10 bits per heavy atom. The number of hydrogen-bond acceptors (Lipinski definition) is 2. The molecule has 0 aliphatic carbocycles. The molecule has 0 heterocycles. The zero-order valence-electron chi connectivity index (χ0n) is 15.0. The molecule has 3 heteroatoms. The molecule has 0 aliphatic heterocycles. The fourth-order valence-corrected chi connectivity index (χ4v) is 2.63. The molecule has 0 aromatic carbocycles. The van der Waals surface area contributed by atoms with Crippen LogP contribution in [0.2, 0.25) is 18.1 Å². The van der Waals surface area contributed by atoms with Crippen LogP contribution in [0.5, 0.6) is 0 Å². The Bertz CT molecular complexity index is 314. The zero-order chi connectivity index (χ0) is 16.4. The lowest BCUT2D eigenvalue weighted by molar-refractivity contribution is 0.135. The third-order valence-electron chi connectivity index (χ3n) is 4.19. The van der Waals surface area contributed by atoms with Gasteiger partial charge in [0.25, 0.3) is 0 Å². The molecular weight excluding hydrogens is 276 g/mol. The number of allylic oxidation sites excluding steroid dienone is 3. The summed E-state index contributed by atoms with van der Waals surface area (Å²) in [5, 5.41) is 10.1. The Hall–Kier alpha value is -0.383. The minimum Gasteiger partial charge on any atom is -0.414 e. The van der Waals surface area contributed by atoms with Gasteiger partial charge < -0.3 is 9.53 Å². The van der Waals surface area contributed by atoms with E-state index in [1.807, 2.05) is 12.2 Å². The van der Waals surface area contributed by atoms with Crippen molar-refractivity contribution in [2.24, 2.45) is 0 Å². The van der Waals surface area contributed by atoms with Crippen LogP contribution in [0.25, 0.3) is 0 Å². The van der Waals surface area contributed by atoms with Crippen molar-refractivity contribution in [1.29, 1.82) is 0 Å². The lowest BCUT2D eigenvalue weighted by atomic mass is 10.2. The van der Waals surface area contributed by atoms with Gasteiger partial charge in [-0.2, -0.15) is 0 Å². The highest BCUT2D eigenvalue weighted by atomic mass is 28.4. The first-order valence-corrected chi connectivity index (χ1v) is 11.2. The Morgan fingerprint density at radius 3 is 2.33 bits per heavy atom. The molecule has 2 nitrogen and oxygen atoms in total. The van der Waals surface area contributed by atoms with Gasteiger partial charge in [-0.25, -0.2) is 0 Å². The van der Waals surface area contributed by atoms with Crippen LogP contribution in [0.4, 0.5) is 0 Å². The quantitative estimate of drug-likeness (QED) is 0.330. The molecule has 0 bridgehead atoms. The second kappa shape index (κ2) is 10.4. The fourth-order valence-electron chi connectivity index (χ4n) is 1.61. The number of aliphatic hydroxyl groups excluding tert-OH is 1. The van der Waals surface area contributed by atoms with E-state index in [0.717, 1.165) is 6.42 Å². The molecule has 0 aromatic rings. The second-order valence-corrected chi connectivity index (χ2v) is 12.1. The smallest absolute Gasteiger partial charge is 0.192 e. The molecule has 0 fully saturated rings. The maximum atomic E-state index is 9.94. The van der Waals surface area contributed by atoms with Crippen molar-refractivity contribution >= 4 is 8.32 Å². The Labute approximate surface area is 133 Å². The molecule has 0 saturated heterocycles. The maximum Gasteiger partial charge on any atom is 0.192 e. The van der Waals surface area contributed by atoms with Crippen LogP contribution < -0.4 is 0 Å². The highest BCUT2D eigenvalue weighted by molar-refractivity contribution is 6.74. The number of rotatable bonds is 10. The standard InChI is InChI=1S/C18H36O2Si/c1-7-8-9-10-11-12-13-14-15-17(19)16-20-21(5,6)18(2,3)4/h11-12,14-15,17,19H,7-10,13,16H2,1-6H3/b12-11-,15-14-/t17-/m0/s1. The van der Waals surface area contributed by atoms with Crippen molar-refractivity contribution in [3.05, 3.63) is 24.3 Å². The van der Waals surface area contributed by atoms with Gasteiger partial charge in [0, 0.05) is 0 Å². The Balaban J connectivity index is 3.89. The molecule has 0 rings (SSSR count). The molecule has 0 spiro atoms. The summed E-state index contributed by atoms with van der Waals surface area (Å²) in [5.41, 5.74) is 0. The molecule has 0 amide bonds. The van der Waals surface area contributed by atoms with E-state index in [2.05, 4.69) is 52.9 Å². The van der Waals surface area contributed by atoms with Crippen LogP contribution in [0.1, 0.15) is 59.8 Å². The molecule has 124 valence electrons. The van der Waals surface area contributed by atoms with Gasteiger partial charge in [-0.3, -0.25) is 0 Å². The first kappa shape index (κ1) is 20.6. The Morgan fingerprint density at radius 2 is 1.76 bits per heavy atom. The largest absolute Gasteiger partial charge is 0.414 e. The van der Waals surface area contributed by atoms with E-state index in [1.165, 1.54) is 25.7 Å². The van der Waals surface area contributed by atoms with Crippen molar-refractivity contribution in [2.75, 3.05) is 6.61 Å². The highest BCUT2D eigenvalue weighted by Crippen LogP contribution is 2.36. The summed E-state index contributed by atoms with van der Waals surface area (Å²) in [7, 11) is -1.75. The average molecular weight is 313 g/mol. The lowest BCUT2D eigenvalue weighted by Gasteiger charge is -2.36. The van der Waals surface area contributed by atoms with E-state index in [1.54, 1.807) is 0 Å². The molecule has 1 N–H and O–H groups in total. The maximum absolute atomic E-state index is 9.94. The van der Waals surface area contributed by atoms with Crippen molar-refractivity contribution < 1.29 is 9.53 Å². The predicted molar refractivity (Wildman–Crippen MR) is 96.2 cm³/mol. The third kappa shape index (κ3) is 10.0. The van der Waals surface area contributed by atoms with Crippen LogP contribution >= 0.6 is 0 Å². The molecule has 0 saturated carbocycles. The van der Waals surface area contributed by atoms with E-state index >= 15 is 0 Å². The highest BCUT2D eigenvalue weighted by Gasteiger charge is 2.37. The van der Waals surface area contributed by atoms with Gasteiger partial charge in [0.1, 0.15) is 0 Å². The van der Waals surface area contributed by atoms with Gasteiger partial charge >= 0.3 is 0 Å². The molecule has 0 unspecified atom stereocenters. The van der Waals surface area contributed by atoms with Crippen molar-refractivity contribution in [2.45, 2.75) is 84.0 Å². The minimum absolute atomic E-state index is 0.192. The summed E-state index contributed by atoms with van der Waals surface area (Å²) in [6.45, 7) is 13.7. The van der Waals surface area contributed by atoms with Crippen molar-refractivity contribution in [1.82, 2.24) is 0 Å². The summed E-state index contributed by atoms with van der Waals surface area (Å²) in [4.78, 5) is 0. The van der Waals surface area contributed by atoms with E-state index in [-0.39, 0.29) is 5.04 Å². The summed E-state index contributed by atoms with van der Waals surface area (Å²) in [6, 6.07) is 0. The third-order valence-corrected chi connectivity index (χ3v) is 8.69. The summed E-state index contributed by atoms with van der Waals surface area (Å²) < 4.78 is 6.00. The molecule has 0 radical (unpaired) electrons. The Kier molecular flexibility index (Phi) is 10.2. The second-order valence-electron chi connectivity index (χ2n) is 7.27. The van der Waals surface area contributed by atoms with Crippen LogP contribution in [0.3, 0.4) is 0 Å². The first-order valence-electron chi connectivity index (χ1n) is 8.34. The zero-order valence-corrected chi connectivity index (χ0v) is 16.0. The lowest BCUT2D eigenvalue weighted by Crippen LogP contribution is -2.42. The van der Waals surface area contributed by atoms with E-state index in [4.69, 9.17) is 4.43 Å². The molecule has 1 atom stereocenters. The molecule has 0 aromatic heterocycles. The summed E-state index contributed by atoms with van der Waals surface area (Å²) in [5.74, 6) is 0. The van der Waals surface area contributed by atoms with Crippen LogP contribution in [0.15, 0.2) is 24.3 Å². The minimum atomic E-state index is -1.75. The van der Waals surface area contributed by atoms with Gasteiger partial charge in [0.05, 0.1) is 12.7 Å². The van der Waals surface area contributed by atoms with Crippen LogP contribution in [-0.4, -0.2) is 26.1 Å². The topological polar surface area (TPSA) is 29.5 Å². The summed E-state index contributed by atoms with van der Waals surface area (Å²) >= 11 is 0. The number of aliphatic hydroxyl groups is 1. The van der Waals surface area contributed by atoms with E-state index < -0.39 is 14.4 Å². The number of hydrogen-bond donors (Lipinski definition) is 1. The van der Waals surface area contributed by atoms with Gasteiger partial charge in [0.2, 0.25) is 0 Å². The molecular formula is C18H36O2Si. The van der Waals surface area contributed by atoms with Gasteiger partial charge in [-0.1, -0.05) is 64.8 Å². The van der Waals surface area contributed by atoms with Gasteiger partial charge in [-0.15, -0.1) is 0 Å². The van der Waals surface area contributed by atoms with Crippen molar-refractivity contribution in [3.63, 3.8) is 0 Å². The molecule has 0 aliphatic rings. The average Bonchev–Trinajstić information content (AvgIpc) is 2.38. The first-order chi connectivity index (χ1) is 9.70. The molecule has 21 heavy (non-hydrogen) atoms. The van der Waals surface area contributed by atoms with Gasteiger partial charge in [0.15, 0.2) is 8.32 Å².